The molecule has 0 bridgehead atoms. The van der Waals surface area contributed by atoms with E-state index in [0.717, 1.165) is 30.4 Å². The Morgan fingerprint density at radius 3 is 2.83 bits per heavy atom. The van der Waals surface area contributed by atoms with Gasteiger partial charge in [-0.15, -0.1) is 24.0 Å². The molecule has 0 saturated heterocycles. The molecule has 6 heteroatoms. The standard InChI is InChI=1S/C18H22N4O.HI/c1-13-6-5-9-20-16(13)12-22-18(19-2)21-11-15-10-14-7-3-4-8-17(14)23-15;/h3-9,15H,10-12H2,1-2H3,(H2,19,21,22);1H. The van der Waals surface area contributed by atoms with Gasteiger partial charge in [0.25, 0.3) is 0 Å². The second-order valence-electron chi connectivity index (χ2n) is 5.63. The molecule has 0 fully saturated rings. The molecule has 3 rings (SSSR count). The Balaban J connectivity index is 0.00000208. The molecule has 0 saturated carbocycles. The van der Waals surface area contributed by atoms with Crippen LogP contribution < -0.4 is 15.4 Å². The number of pyridine rings is 1. The maximum atomic E-state index is 5.93. The highest BCUT2D eigenvalue weighted by molar-refractivity contribution is 14.0. The number of aryl methyl sites for hydroxylation is 1. The van der Waals surface area contributed by atoms with Gasteiger partial charge in [0.1, 0.15) is 11.9 Å². The summed E-state index contributed by atoms with van der Waals surface area (Å²) in [7, 11) is 1.77. The number of nitrogens with one attached hydrogen (secondary N) is 2. The van der Waals surface area contributed by atoms with Crippen LogP contribution in [-0.2, 0) is 13.0 Å². The number of fused-ring (bicyclic) bond motifs is 1. The molecule has 0 radical (unpaired) electrons. The smallest absolute Gasteiger partial charge is 0.191 e. The van der Waals surface area contributed by atoms with Crippen LogP contribution >= 0.6 is 24.0 Å². The number of benzene rings is 1. The van der Waals surface area contributed by atoms with Crippen molar-refractivity contribution in [1.82, 2.24) is 15.6 Å². The van der Waals surface area contributed by atoms with Gasteiger partial charge in [-0.2, -0.15) is 0 Å². The van der Waals surface area contributed by atoms with Crippen LogP contribution in [-0.4, -0.2) is 30.6 Å². The molecule has 1 aromatic heterocycles. The lowest BCUT2D eigenvalue weighted by molar-refractivity contribution is 0.235. The van der Waals surface area contributed by atoms with E-state index in [0.29, 0.717) is 6.54 Å². The number of guanidine groups is 1. The van der Waals surface area contributed by atoms with Crippen LogP contribution in [0.1, 0.15) is 16.8 Å². The van der Waals surface area contributed by atoms with Crippen LogP contribution in [0.25, 0.3) is 0 Å². The van der Waals surface area contributed by atoms with Crippen molar-refractivity contribution in [1.29, 1.82) is 0 Å². The molecule has 1 aliphatic rings. The third-order valence-corrected chi connectivity index (χ3v) is 3.98. The Labute approximate surface area is 160 Å². The fraction of sp³-hybridized carbons (Fsp3) is 0.333. The van der Waals surface area contributed by atoms with Gasteiger partial charge in [0.05, 0.1) is 18.8 Å². The molecule has 24 heavy (non-hydrogen) atoms. The summed E-state index contributed by atoms with van der Waals surface area (Å²) < 4.78 is 5.93. The van der Waals surface area contributed by atoms with Crippen molar-refractivity contribution >= 4 is 29.9 Å². The average molecular weight is 438 g/mol. The fourth-order valence-electron chi connectivity index (χ4n) is 2.67. The minimum Gasteiger partial charge on any atom is -0.488 e. The minimum atomic E-state index is 0. The van der Waals surface area contributed by atoms with E-state index >= 15 is 0 Å². The minimum absolute atomic E-state index is 0. The molecule has 1 atom stereocenters. The Bertz CT molecular complexity index is 680. The van der Waals surface area contributed by atoms with Gasteiger partial charge in [-0.25, -0.2) is 0 Å². The van der Waals surface area contributed by atoms with Gasteiger partial charge < -0.3 is 15.4 Å². The van der Waals surface area contributed by atoms with E-state index < -0.39 is 0 Å². The lowest BCUT2D eigenvalue weighted by Gasteiger charge is -2.16. The third kappa shape index (κ3) is 4.59. The highest BCUT2D eigenvalue weighted by Gasteiger charge is 2.22. The molecule has 1 aromatic carbocycles. The van der Waals surface area contributed by atoms with Crippen molar-refractivity contribution in [2.75, 3.05) is 13.6 Å². The molecule has 0 spiro atoms. The monoisotopic (exact) mass is 438 g/mol. The molecule has 0 aliphatic carbocycles. The molecule has 128 valence electrons. The second kappa shape index (κ2) is 8.86. The topological polar surface area (TPSA) is 58.5 Å². The van der Waals surface area contributed by atoms with Crippen LogP contribution in [0.3, 0.4) is 0 Å². The van der Waals surface area contributed by atoms with E-state index in [9.17, 15) is 0 Å². The van der Waals surface area contributed by atoms with Crippen LogP contribution in [0.2, 0.25) is 0 Å². The first-order valence-electron chi connectivity index (χ1n) is 7.86. The molecule has 2 N–H and O–H groups in total. The Kier molecular flexibility index (Phi) is 6.84. The third-order valence-electron chi connectivity index (χ3n) is 3.98. The maximum Gasteiger partial charge on any atom is 0.191 e. The molecule has 1 unspecified atom stereocenters. The largest absolute Gasteiger partial charge is 0.488 e. The first kappa shape index (κ1) is 18.5. The summed E-state index contributed by atoms with van der Waals surface area (Å²) in [6.07, 6.45) is 2.88. The van der Waals surface area contributed by atoms with Gasteiger partial charge in [0.2, 0.25) is 0 Å². The predicted octanol–water partition coefficient (Wildman–Crippen LogP) is 2.68. The van der Waals surface area contributed by atoms with Gasteiger partial charge in [-0.05, 0) is 30.2 Å². The molecule has 2 aromatic rings. The summed E-state index contributed by atoms with van der Waals surface area (Å²) in [5, 5.41) is 6.61. The SMILES string of the molecule is CN=C(NCc1ncccc1C)NCC1Cc2ccccc2O1.I. The zero-order valence-corrected chi connectivity index (χ0v) is 16.3. The van der Waals surface area contributed by atoms with E-state index in [1.54, 1.807) is 7.05 Å². The van der Waals surface area contributed by atoms with Gasteiger partial charge in [0, 0.05) is 19.7 Å². The highest BCUT2D eigenvalue weighted by Crippen LogP contribution is 2.27. The first-order chi connectivity index (χ1) is 11.3. The number of rotatable bonds is 4. The summed E-state index contributed by atoms with van der Waals surface area (Å²) >= 11 is 0. The van der Waals surface area contributed by atoms with E-state index in [-0.39, 0.29) is 30.1 Å². The van der Waals surface area contributed by atoms with E-state index in [2.05, 4.69) is 39.7 Å². The predicted molar refractivity (Wildman–Crippen MR) is 107 cm³/mol. The number of halogens is 1. The van der Waals surface area contributed by atoms with Crippen LogP contribution in [0.5, 0.6) is 5.75 Å². The van der Waals surface area contributed by atoms with Crippen LogP contribution in [0.15, 0.2) is 47.6 Å². The van der Waals surface area contributed by atoms with Crippen molar-refractivity contribution < 1.29 is 4.74 Å². The number of nitrogens with zero attached hydrogens (tertiary/aromatic N) is 2. The van der Waals surface area contributed by atoms with Crippen LogP contribution in [0.4, 0.5) is 0 Å². The van der Waals surface area contributed by atoms with Gasteiger partial charge in [-0.1, -0.05) is 24.3 Å². The number of aliphatic imine (C=N–C) groups is 1. The van der Waals surface area contributed by atoms with E-state index in [4.69, 9.17) is 4.74 Å². The highest BCUT2D eigenvalue weighted by atomic mass is 127. The Hall–Kier alpha value is -1.83. The molecular formula is C18H23IN4O. The summed E-state index contributed by atoms with van der Waals surface area (Å²) in [5.74, 6) is 1.75. The maximum absolute atomic E-state index is 5.93. The van der Waals surface area contributed by atoms with Gasteiger partial charge >= 0.3 is 0 Å². The first-order valence-corrected chi connectivity index (χ1v) is 7.86. The number of hydrogen-bond donors (Lipinski definition) is 2. The number of ether oxygens (including phenoxy) is 1. The average Bonchev–Trinajstić information content (AvgIpc) is 2.99. The summed E-state index contributed by atoms with van der Waals surface area (Å²) in [6.45, 7) is 3.43. The van der Waals surface area contributed by atoms with Crippen molar-refractivity contribution in [3.63, 3.8) is 0 Å². The summed E-state index contributed by atoms with van der Waals surface area (Å²) in [4.78, 5) is 8.63. The van der Waals surface area contributed by atoms with Gasteiger partial charge in [-0.3, -0.25) is 9.98 Å². The molecule has 5 nitrogen and oxygen atoms in total. The number of aromatic nitrogens is 1. The number of hydrogen-bond acceptors (Lipinski definition) is 3. The summed E-state index contributed by atoms with van der Waals surface area (Å²) in [5.41, 5.74) is 3.47. The van der Waals surface area contributed by atoms with E-state index in [1.165, 1.54) is 11.1 Å². The number of para-hydroxylation sites is 1. The Morgan fingerprint density at radius 1 is 1.25 bits per heavy atom. The van der Waals surface area contributed by atoms with Gasteiger partial charge in [0.15, 0.2) is 5.96 Å². The van der Waals surface area contributed by atoms with Crippen molar-refractivity contribution in [2.24, 2.45) is 4.99 Å². The molecule has 1 aliphatic heterocycles. The van der Waals surface area contributed by atoms with Crippen molar-refractivity contribution in [3.8, 4) is 5.75 Å². The normalized spacial score (nSPS) is 15.9. The van der Waals surface area contributed by atoms with Crippen molar-refractivity contribution in [3.05, 3.63) is 59.4 Å². The van der Waals surface area contributed by atoms with E-state index in [1.807, 2.05) is 30.5 Å². The lowest BCUT2D eigenvalue weighted by atomic mass is 10.1. The zero-order valence-electron chi connectivity index (χ0n) is 14.0. The molecule has 0 amide bonds. The Morgan fingerprint density at radius 2 is 2.08 bits per heavy atom. The quantitative estimate of drug-likeness (QED) is 0.438. The molecule has 2 heterocycles. The zero-order chi connectivity index (χ0) is 16.1. The summed E-state index contributed by atoms with van der Waals surface area (Å²) in [6, 6.07) is 12.2. The lowest BCUT2D eigenvalue weighted by Crippen LogP contribution is -2.42. The van der Waals surface area contributed by atoms with Crippen molar-refractivity contribution in [2.45, 2.75) is 26.0 Å². The second-order valence-corrected chi connectivity index (χ2v) is 5.63. The van der Waals surface area contributed by atoms with Crippen LogP contribution in [0, 0.1) is 6.92 Å². The fourth-order valence-corrected chi connectivity index (χ4v) is 2.67. The molecular weight excluding hydrogens is 415 g/mol.